The topological polar surface area (TPSA) is 77.0 Å². The normalized spacial score (nSPS) is 11.4. The van der Waals surface area contributed by atoms with E-state index < -0.39 is 10.0 Å². The van der Waals surface area contributed by atoms with Crippen molar-refractivity contribution in [3.05, 3.63) is 53.1 Å². The molecule has 0 saturated carbocycles. The summed E-state index contributed by atoms with van der Waals surface area (Å²) in [6.45, 7) is 0. The first kappa shape index (κ1) is 17.1. The zero-order chi connectivity index (χ0) is 16.9. The molecule has 0 unspecified atom stereocenters. The molecule has 8 heteroatoms. The van der Waals surface area contributed by atoms with Crippen molar-refractivity contribution in [1.29, 1.82) is 0 Å². The molecule has 0 bridgehead atoms. The molecule has 0 aliphatic carbocycles. The maximum absolute atomic E-state index is 12.1. The van der Waals surface area contributed by atoms with Gasteiger partial charge in [0.05, 0.1) is 25.3 Å². The van der Waals surface area contributed by atoms with Crippen molar-refractivity contribution < 1.29 is 17.9 Å². The molecule has 23 heavy (non-hydrogen) atoms. The highest BCUT2D eigenvalue weighted by Gasteiger charge is 2.12. The van der Waals surface area contributed by atoms with Gasteiger partial charge in [-0.25, -0.2) is 4.83 Å². The summed E-state index contributed by atoms with van der Waals surface area (Å²) in [5, 5.41) is 4.21. The monoisotopic (exact) mass is 354 g/mol. The predicted molar refractivity (Wildman–Crippen MR) is 88.9 cm³/mol. The molecule has 0 saturated heterocycles. The lowest BCUT2D eigenvalue weighted by molar-refractivity contribution is 0.394. The van der Waals surface area contributed by atoms with Crippen LogP contribution in [0.1, 0.15) is 5.56 Å². The van der Waals surface area contributed by atoms with Gasteiger partial charge in [-0.1, -0.05) is 11.6 Å². The van der Waals surface area contributed by atoms with Crippen LogP contribution in [-0.4, -0.2) is 28.9 Å². The van der Waals surface area contributed by atoms with Crippen LogP contribution < -0.4 is 14.3 Å². The maximum atomic E-state index is 12.1. The molecule has 2 aromatic rings. The predicted octanol–water partition coefficient (Wildman–Crippen LogP) is 2.67. The fourth-order valence-electron chi connectivity index (χ4n) is 1.76. The minimum Gasteiger partial charge on any atom is -0.497 e. The van der Waals surface area contributed by atoms with Gasteiger partial charge in [0.25, 0.3) is 10.0 Å². The molecule has 2 aromatic carbocycles. The van der Waals surface area contributed by atoms with Crippen LogP contribution in [0, 0.1) is 0 Å². The number of hydrogen-bond acceptors (Lipinski definition) is 5. The molecule has 0 atom stereocenters. The number of hydrazone groups is 1. The van der Waals surface area contributed by atoms with Gasteiger partial charge in [0.2, 0.25) is 0 Å². The minimum absolute atomic E-state index is 0.0701. The van der Waals surface area contributed by atoms with Crippen LogP contribution in [0.3, 0.4) is 0 Å². The van der Waals surface area contributed by atoms with Crippen LogP contribution in [0.5, 0.6) is 11.5 Å². The van der Waals surface area contributed by atoms with Gasteiger partial charge in [0, 0.05) is 16.7 Å². The van der Waals surface area contributed by atoms with Crippen molar-refractivity contribution in [2.45, 2.75) is 4.90 Å². The largest absolute Gasteiger partial charge is 0.497 e. The Kier molecular flexibility index (Phi) is 5.46. The molecule has 0 aliphatic rings. The second-order valence-corrected chi connectivity index (χ2v) is 6.51. The van der Waals surface area contributed by atoms with Gasteiger partial charge < -0.3 is 9.47 Å². The van der Waals surface area contributed by atoms with Gasteiger partial charge in [0.1, 0.15) is 11.5 Å². The average Bonchev–Trinajstić information content (AvgIpc) is 2.55. The first-order chi connectivity index (χ1) is 11.0. The fourth-order valence-corrected chi connectivity index (χ4v) is 2.67. The van der Waals surface area contributed by atoms with Crippen LogP contribution in [-0.2, 0) is 10.0 Å². The van der Waals surface area contributed by atoms with Gasteiger partial charge in [-0.15, -0.1) is 0 Å². The molecule has 1 N–H and O–H groups in total. The highest BCUT2D eigenvalue weighted by molar-refractivity contribution is 7.89. The van der Waals surface area contributed by atoms with Crippen molar-refractivity contribution in [2.75, 3.05) is 14.2 Å². The smallest absolute Gasteiger partial charge is 0.276 e. The Bertz CT molecular complexity index is 805. The number of sulfonamides is 1. The minimum atomic E-state index is -3.75. The molecule has 0 radical (unpaired) electrons. The van der Waals surface area contributed by atoms with Crippen LogP contribution in [0.15, 0.2) is 52.5 Å². The number of benzene rings is 2. The summed E-state index contributed by atoms with van der Waals surface area (Å²) in [4.78, 5) is 2.21. The third-order valence-electron chi connectivity index (χ3n) is 2.94. The molecule has 0 aromatic heterocycles. The summed E-state index contributed by atoms with van der Waals surface area (Å²) in [6.07, 6.45) is 1.35. The highest BCUT2D eigenvalue weighted by Crippen LogP contribution is 2.23. The molecule has 0 spiro atoms. The number of rotatable bonds is 6. The summed E-state index contributed by atoms with van der Waals surface area (Å²) in [5.41, 5.74) is 0.604. The van der Waals surface area contributed by atoms with Gasteiger partial charge in [0.15, 0.2) is 0 Å². The molecule has 0 heterocycles. The Morgan fingerprint density at radius 1 is 1.09 bits per heavy atom. The number of nitrogens with zero attached hydrogens (tertiary/aromatic N) is 1. The van der Waals surface area contributed by atoms with Crippen LogP contribution in [0.2, 0.25) is 5.02 Å². The van der Waals surface area contributed by atoms with E-state index in [2.05, 4.69) is 9.93 Å². The lowest BCUT2D eigenvalue weighted by Gasteiger charge is -2.07. The molecule has 0 fully saturated rings. The lowest BCUT2D eigenvalue weighted by Crippen LogP contribution is -2.18. The summed E-state index contributed by atoms with van der Waals surface area (Å²) in [5.74, 6) is 1.14. The van der Waals surface area contributed by atoms with Crippen molar-refractivity contribution >= 4 is 27.8 Å². The Labute approximate surface area is 139 Å². The Balaban J connectivity index is 2.16. The summed E-state index contributed by atoms with van der Waals surface area (Å²) in [7, 11) is -0.703. The second kappa shape index (κ2) is 7.34. The van der Waals surface area contributed by atoms with Crippen molar-refractivity contribution in [2.24, 2.45) is 5.10 Å². The van der Waals surface area contributed by atoms with E-state index in [0.717, 1.165) is 0 Å². The zero-order valence-electron chi connectivity index (χ0n) is 12.5. The van der Waals surface area contributed by atoms with Crippen molar-refractivity contribution in [3.8, 4) is 11.5 Å². The molecular formula is C15H15ClN2O4S. The zero-order valence-corrected chi connectivity index (χ0v) is 14.1. The number of methoxy groups -OCH3 is 2. The van der Waals surface area contributed by atoms with Gasteiger partial charge >= 0.3 is 0 Å². The van der Waals surface area contributed by atoms with Gasteiger partial charge in [-0.3, -0.25) is 0 Å². The molecular weight excluding hydrogens is 340 g/mol. The van der Waals surface area contributed by atoms with Crippen molar-refractivity contribution in [3.63, 3.8) is 0 Å². The second-order valence-electron chi connectivity index (χ2n) is 4.41. The first-order valence-electron chi connectivity index (χ1n) is 6.49. The summed E-state index contributed by atoms with van der Waals surface area (Å²) < 4.78 is 34.4. The van der Waals surface area contributed by atoms with Crippen molar-refractivity contribution in [1.82, 2.24) is 4.83 Å². The van der Waals surface area contributed by atoms with E-state index in [9.17, 15) is 8.42 Å². The van der Waals surface area contributed by atoms with E-state index >= 15 is 0 Å². The summed E-state index contributed by atoms with van der Waals surface area (Å²) >= 11 is 5.74. The third-order valence-corrected chi connectivity index (χ3v) is 4.43. The lowest BCUT2D eigenvalue weighted by atomic mass is 10.2. The SMILES string of the molecule is COc1ccc(/C=N\NS(=O)(=O)c2ccc(Cl)cc2)c(OC)c1. The molecule has 0 amide bonds. The number of hydrogen-bond donors (Lipinski definition) is 1. The van der Waals surface area contributed by atoms with E-state index in [4.69, 9.17) is 21.1 Å². The molecule has 122 valence electrons. The van der Waals surface area contributed by atoms with E-state index in [1.807, 2.05) is 0 Å². The fraction of sp³-hybridized carbons (Fsp3) is 0.133. The summed E-state index contributed by atoms with van der Waals surface area (Å²) in [6, 6.07) is 10.9. The quantitative estimate of drug-likeness (QED) is 0.639. The maximum Gasteiger partial charge on any atom is 0.276 e. The van der Waals surface area contributed by atoms with Gasteiger partial charge in [-0.2, -0.15) is 13.5 Å². The third kappa shape index (κ3) is 4.37. The Morgan fingerprint density at radius 3 is 2.39 bits per heavy atom. The Morgan fingerprint density at radius 2 is 1.78 bits per heavy atom. The number of nitrogens with one attached hydrogen (secondary N) is 1. The first-order valence-corrected chi connectivity index (χ1v) is 8.35. The van der Waals surface area contributed by atoms with E-state index in [0.29, 0.717) is 22.1 Å². The van der Waals surface area contributed by atoms with E-state index in [1.54, 1.807) is 25.3 Å². The number of ether oxygens (including phenoxy) is 2. The van der Waals surface area contributed by atoms with Crippen LogP contribution in [0.4, 0.5) is 0 Å². The average molecular weight is 355 g/mol. The standard InChI is InChI=1S/C15H15ClN2O4S/c1-21-13-6-3-11(15(9-13)22-2)10-17-18-23(19,20)14-7-4-12(16)5-8-14/h3-10,18H,1-2H3/b17-10-. The van der Waals surface area contributed by atoms with E-state index in [1.165, 1.54) is 37.6 Å². The van der Waals surface area contributed by atoms with Crippen LogP contribution >= 0.6 is 11.6 Å². The van der Waals surface area contributed by atoms with Gasteiger partial charge in [-0.05, 0) is 36.4 Å². The molecule has 2 rings (SSSR count). The van der Waals surface area contributed by atoms with Crippen LogP contribution in [0.25, 0.3) is 0 Å². The molecule has 6 nitrogen and oxygen atoms in total. The molecule has 0 aliphatic heterocycles. The highest BCUT2D eigenvalue weighted by atomic mass is 35.5. The Hall–Kier alpha value is -2.25. The number of halogens is 1. The van der Waals surface area contributed by atoms with E-state index in [-0.39, 0.29) is 4.90 Å².